The fourth-order valence-electron chi connectivity index (χ4n) is 0.573. The molecule has 0 amide bonds. The Balaban J connectivity index is 0. The fourth-order valence-corrected chi connectivity index (χ4v) is 0.573. The van der Waals surface area contributed by atoms with Gasteiger partial charge in [-0.05, 0) is 6.42 Å². The van der Waals surface area contributed by atoms with Crippen LogP contribution in [0.4, 0.5) is 0 Å². The number of hydrogen-bond donors (Lipinski definition) is 2. The summed E-state index contributed by atoms with van der Waals surface area (Å²) in [5.41, 5.74) is 4.21. The highest BCUT2D eigenvalue weighted by atomic mass is 35.5. The number of nitrogens with two attached hydrogens (primary N) is 1. The zero-order valence-electron chi connectivity index (χ0n) is 6.66. The zero-order valence-corrected chi connectivity index (χ0v) is 7.48. The van der Waals surface area contributed by atoms with Crippen LogP contribution in [-0.4, -0.2) is 30.3 Å². The van der Waals surface area contributed by atoms with Crippen LogP contribution in [0.1, 0.15) is 13.3 Å². The second-order valence-corrected chi connectivity index (χ2v) is 2.25. The lowest BCUT2D eigenvalue weighted by Crippen LogP contribution is -2.51. The van der Waals surface area contributed by atoms with Crippen LogP contribution in [0.5, 0.6) is 0 Å². The molecule has 1 atom stereocenters. The molecule has 1 unspecified atom stereocenters. The lowest BCUT2D eigenvalue weighted by molar-refractivity contribution is -0.145. The summed E-state index contributed by atoms with van der Waals surface area (Å²) in [6, 6.07) is 0. The van der Waals surface area contributed by atoms with E-state index in [0.717, 1.165) is 0 Å². The maximum atomic E-state index is 10.4. The molecule has 0 rings (SSSR count). The predicted molar refractivity (Wildman–Crippen MR) is 44.0 cm³/mol. The van der Waals surface area contributed by atoms with E-state index in [9.17, 15) is 4.79 Å². The number of carbonyl (C=O) groups is 1. The highest BCUT2D eigenvalue weighted by molar-refractivity contribution is 5.85. The summed E-state index contributed by atoms with van der Waals surface area (Å²) < 4.78 is 4.65. The van der Waals surface area contributed by atoms with Crippen molar-refractivity contribution in [2.45, 2.75) is 18.9 Å². The summed E-state index contributed by atoms with van der Waals surface area (Å²) in [6.45, 7) is 1.77. The van der Waals surface area contributed by atoms with Crippen LogP contribution in [-0.2, 0) is 9.53 Å². The van der Waals surface area contributed by atoms with E-state index >= 15 is 0 Å². The number of methoxy groups -OCH3 is 1. The number of aliphatic carboxylic acids is 1. The van der Waals surface area contributed by atoms with Gasteiger partial charge in [0.2, 0.25) is 0 Å². The minimum Gasteiger partial charge on any atom is -0.480 e. The number of halogens is 1. The second-order valence-electron chi connectivity index (χ2n) is 2.25. The van der Waals surface area contributed by atoms with Gasteiger partial charge in [0.1, 0.15) is 5.54 Å². The number of hydrogen-bond acceptors (Lipinski definition) is 3. The lowest BCUT2D eigenvalue weighted by Gasteiger charge is -2.20. The van der Waals surface area contributed by atoms with Crippen LogP contribution in [0, 0.1) is 0 Å². The van der Waals surface area contributed by atoms with Crippen LogP contribution < -0.4 is 5.73 Å². The highest BCUT2D eigenvalue weighted by Crippen LogP contribution is 2.05. The summed E-state index contributed by atoms with van der Waals surface area (Å²) >= 11 is 0. The van der Waals surface area contributed by atoms with E-state index in [0.29, 0.717) is 6.42 Å². The summed E-state index contributed by atoms with van der Waals surface area (Å²) in [5, 5.41) is 8.56. The maximum Gasteiger partial charge on any atom is 0.326 e. The molecule has 0 aromatic carbocycles. The largest absolute Gasteiger partial charge is 0.480 e. The number of ether oxygens (including phenoxy) is 1. The van der Waals surface area contributed by atoms with Crippen molar-refractivity contribution >= 4 is 18.4 Å². The average molecular weight is 184 g/mol. The second kappa shape index (κ2) is 5.35. The SMILES string of the molecule is CCC(N)(COC)C(=O)O.Cl. The predicted octanol–water partition coefficient (Wildman–Crippen LogP) is 0.247. The Morgan fingerprint density at radius 1 is 1.73 bits per heavy atom. The number of carboxylic acid groups (broad SMARTS) is 1. The molecule has 3 N–H and O–H groups in total. The van der Waals surface area contributed by atoms with Gasteiger partial charge in [-0.3, -0.25) is 4.79 Å². The molecule has 11 heavy (non-hydrogen) atoms. The Labute approximate surface area is 72.1 Å². The van der Waals surface area contributed by atoms with E-state index in [-0.39, 0.29) is 19.0 Å². The molecular weight excluding hydrogens is 170 g/mol. The van der Waals surface area contributed by atoms with Gasteiger partial charge in [0.05, 0.1) is 6.61 Å². The van der Waals surface area contributed by atoms with Gasteiger partial charge in [0, 0.05) is 7.11 Å². The van der Waals surface area contributed by atoms with Crippen molar-refractivity contribution in [1.29, 1.82) is 0 Å². The minimum atomic E-state index is -1.21. The molecule has 0 aromatic heterocycles. The van der Waals surface area contributed by atoms with Gasteiger partial charge >= 0.3 is 5.97 Å². The van der Waals surface area contributed by atoms with Crippen LogP contribution >= 0.6 is 12.4 Å². The summed E-state index contributed by atoms with van der Waals surface area (Å²) in [5.74, 6) is -1.02. The van der Waals surface area contributed by atoms with Crippen molar-refractivity contribution < 1.29 is 14.6 Å². The molecule has 5 heteroatoms. The first-order valence-electron chi connectivity index (χ1n) is 3.08. The Kier molecular flexibility index (Phi) is 6.46. The summed E-state index contributed by atoms with van der Waals surface area (Å²) in [7, 11) is 1.43. The molecule has 0 saturated heterocycles. The van der Waals surface area contributed by atoms with E-state index in [1.807, 2.05) is 0 Å². The Morgan fingerprint density at radius 2 is 2.18 bits per heavy atom. The van der Waals surface area contributed by atoms with E-state index in [2.05, 4.69) is 4.74 Å². The zero-order chi connectivity index (χ0) is 8.20. The highest BCUT2D eigenvalue weighted by Gasteiger charge is 2.31. The van der Waals surface area contributed by atoms with E-state index in [1.54, 1.807) is 6.92 Å². The molecule has 0 spiro atoms. The lowest BCUT2D eigenvalue weighted by atomic mass is 10.00. The van der Waals surface area contributed by atoms with Crippen molar-refractivity contribution in [2.24, 2.45) is 5.73 Å². The molecule has 0 fully saturated rings. The molecular formula is C6H14ClNO3. The fraction of sp³-hybridized carbons (Fsp3) is 0.833. The number of carboxylic acids is 1. The van der Waals surface area contributed by atoms with Crippen molar-refractivity contribution in [1.82, 2.24) is 0 Å². The summed E-state index contributed by atoms with van der Waals surface area (Å²) in [4.78, 5) is 10.4. The molecule has 0 bridgehead atoms. The van der Waals surface area contributed by atoms with Gasteiger partial charge in [0.25, 0.3) is 0 Å². The van der Waals surface area contributed by atoms with Gasteiger partial charge in [-0.2, -0.15) is 0 Å². The Morgan fingerprint density at radius 3 is 2.27 bits per heavy atom. The van der Waals surface area contributed by atoms with Crippen LogP contribution in [0.3, 0.4) is 0 Å². The molecule has 0 saturated carbocycles. The van der Waals surface area contributed by atoms with E-state index in [1.165, 1.54) is 7.11 Å². The van der Waals surface area contributed by atoms with E-state index < -0.39 is 11.5 Å². The average Bonchev–Trinajstić information content (AvgIpc) is 1.88. The van der Waals surface area contributed by atoms with Crippen molar-refractivity contribution in [3.05, 3.63) is 0 Å². The Bertz CT molecular complexity index is 131. The topological polar surface area (TPSA) is 72.5 Å². The van der Waals surface area contributed by atoms with Crippen molar-refractivity contribution in [2.75, 3.05) is 13.7 Å². The first kappa shape index (κ1) is 13.3. The normalized spacial score (nSPS) is 14.8. The van der Waals surface area contributed by atoms with Crippen molar-refractivity contribution in [3.63, 3.8) is 0 Å². The summed E-state index contributed by atoms with van der Waals surface area (Å²) in [6.07, 6.45) is 0.371. The van der Waals surface area contributed by atoms with Crippen LogP contribution in [0.2, 0.25) is 0 Å². The third kappa shape index (κ3) is 3.55. The standard InChI is InChI=1S/C6H13NO3.ClH/c1-3-6(7,4-10-2)5(8)9;/h3-4,7H2,1-2H3,(H,8,9);1H. The first-order chi connectivity index (χ1) is 4.56. The quantitative estimate of drug-likeness (QED) is 0.655. The third-order valence-corrected chi connectivity index (χ3v) is 1.46. The first-order valence-corrected chi connectivity index (χ1v) is 3.08. The van der Waals surface area contributed by atoms with Gasteiger partial charge in [-0.1, -0.05) is 6.92 Å². The molecule has 0 radical (unpaired) electrons. The molecule has 0 heterocycles. The van der Waals surface area contributed by atoms with E-state index in [4.69, 9.17) is 10.8 Å². The molecule has 0 aliphatic heterocycles. The number of rotatable bonds is 4. The van der Waals surface area contributed by atoms with Crippen LogP contribution in [0.15, 0.2) is 0 Å². The molecule has 0 aromatic rings. The van der Waals surface area contributed by atoms with Crippen LogP contribution in [0.25, 0.3) is 0 Å². The maximum absolute atomic E-state index is 10.4. The minimum absolute atomic E-state index is 0. The molecule has 68 valence electrons. The smallest absolute Gasteiger partial charge is 0.326 e. The van der Waals surface area contributed by atoms with Gasteiger partial charge in [0.15, 0.2) is 0 Å². The van der Waals surface area contributed by atoms with Gasteiger partial charge in [-0.25, -0.2) is 0 Å². The van der Waals surface area contributed by atoms with Gasteiger partial charge in [-0.15, -0.1) is 12.4 Å². The third-order valence-electron chi connectivity index (χ3n) is 1.46. The molecule has 0 aliphatic carbocycles. The molecule has 0 aliphatic rings. The van der Waals surface area contributed by atoms with Crippen molar-refractivity contribution in [3.8, 4) is 0 Å². The molecule has 4 nitrogen and oxygen atoms in total. The monoisotopic (exact) mass is 183 g/mol. The van der Waals surface area contributed by atoms with Gasteiger partial charge < -0.3 is 15.6 Å². The Hall–Kier alpha value is -0.320.